The fraction of sp³-hybridized carbons (Fsp3) is 0.318. The van der Waals surface area contributed by atoms with E-state index >= 15 is 0 Å². The van der Waals surface area contributed by atoms with Gasteiger partial charge in [-0.3, -0.25) is 9.59 Å². The van der Waals surface area contributed by atoms with E-state index in [1.807, 2.05) is 19.9 Å². The van der Waals surface area contributed by atoms with Gasteiger partial charge in [-0.2, -0.15) is 0 Å². The first-order chi connectivity index (χ1) is 13.9. The maximum absolute atomic E-state index is 12.2. The number of amides is 2. The lowest BCUT2D eigenvalue weighted by Gasteiger charge is -2.12. The normalized spacial score (nSPS) is 10.2. The highest BCUT2D eigenvalue weighted by Crippen LogP contribution is 2.20. The highest BCUT2D eigenvalue weighted by Gasteiger charge is 2.08. The Bertz CT molecular complexity index is 863. The summed E-state index contributed by atoms with van der Waals surface area (Å²) >= 11 is 0. The van der Waals surface area contributed by atoms with E-state index in [0.717, 1.165) is 12.0 Å². The number of hydrogen-bond donors (Lipinski definition) is 3. The second-order valence-corrected chi connectivity index (χ2v) is 6.55. The second kappa shape index (κ2) is 10.8. The molecule has 0 heterocycles. The molecule has 0 fully saturated rings. The Hall–Kier alpha value is -3.35. The number of anilines is 3. The molecule has 2 amide bonds. The maximum Gasteiger partial charge on any atom is 0.338 e. The van der Waals surface area contributed by atoms with E-state index < -0.39 is 0 Å². The first-order valence-electron chi connectivity index (χ1n) is 9.64. The summed E-state index contributed by atoms with van der Waals surface area (Å²) in [5.41, 5.74) is 3.37. The highest BCUT2D eigenvalue weighted by molar-refractivity contribution is 5.96. The first-order valence-corrected chi connectivity index (χ1v) is 9.64. The Morgan fingerprint density at radius 1 is 0.897 bits per heavy atom. The molecule has 0 saturated heterocycles. The molecule has 3 N–H and O–H groups in total. The van der Waals surface area contributed by atoms with E-state index in [1.165, 1.54) is 0 Å². The van der Waals surface area contributed by atoms with Crippen LogP contribution in [0.4, 0.5) is 17.1 Å². The van der Waals surface area contributed by atoms with Crippen LogP contribution in [0.2, 0.25) is 0 Å². The molecule has 0 unspecified atom stereocenters. The van der Waals surface area contributed by atoms with Gasteiger partial charge in [-0.05, 0) is 55.3 Å². The van der Waals surface area contributed by atoms with Crippen LogP contribution in [0.15, 0.2) is 42.5 Å². The number of aryl methyl sites for hydroxylation is 1. The quantitative estimate of drug-likeness (QED) is 0.557. The Labute approximate surface area is 170 Å². The van der Waals surface area contributed by atoms with Gasteiger partial charge in [-0.1, -0.05) is 19.9 Å². The average Bonchev–Trinajstić information content (AvgIpc) is 2.73. The third-order valence-electron chi connectivity index (χ3n) is 4.13. The van der Waals surface area contributed by atoms with Crippen LogP contribution in [0.5, 0.6) is 0 Å². The van der Waals surface area contributed by atoms with Crippen molar-refractivity contribution in [2.24, 2.45) is 0 Å². The van der Waals surface area contributed by atoms with Crippen LogP contribution in [-0.4, -0.2) is 30.9 Å². The van der Waals surface area contributed by atoms with Crippen molar-refractivity contribution in [3.63, 3.8) is 0 Å². The number of hydrogen-bond acceptors (Lipinski definition) is 5. The lowest BCUT2D eigenvalue weighted by atomic mass is 10.1. The molecule has 2 aromatic carbocycles. The fourth-order valence-electron chi connectivity index (χ4n) is 2.46. The van der Waals surface area contributed by atoms with Gasteiger partial charge in [0.1, 0.15) is 0 Å². The van der Waals surface area contributed by atoms with Gasteiger partial charge < -0.3 is 20.7 Å². The van der Waals surface area contributed by atoms with E-state index in [1.54, 1.807) is 43.3 Å². The van der Waals surface area contributed by atoms with Gasteiger partial charge in [-0.25, -0.2) is 4.79 Å². The van der Waals surface area contributed by atoms with Crippen molar-refractivity contribution in [1.82, 2.24) is 0 Å². The molecule has 29 heavy (non-hydrogen) atoms. The van der Waals surface area contributed by atoms with Crippen LogP contribution in [0.25, 0.3) is 0 Å². The molecule has 7 nitrogen and oxygen atoms in total. The molecule has 2 aromatic rings. The van der Waals surface area contributed by atoms with Gasteiger partial charge in [0.2, 0.25) is 11.8 Å². The molecule has 0 atom stereocenters. The topological polar surface area (TPSA) is 96.5 Å². The molecule has 0 bridgehead atoms. The predicted molar refractivity (Wildman–Crippen MR) is 114 cm³/mol. The molecular formula is C22H27N3O4. The van der Waals surface area contributed by atoms with Gasteiger partial charge >= 0.3 is 5.97 Å². The van der Waals surface area contributed by atoms with Crippen molar-refractivity contribution in [3.05, 3.63) is 53.6 Å². The Morgan fingerprint density at radius 3 is 2.24 bits per heavy atom. The van der Waals surface area contributed by atoms with Gasteiger partial charge in [0.15, 0.2) is 0 Å². The van der Waals surface area contributed by atoms with Crippen LogP contribution in [-0.2, 0) is 14.3 Å². The maximum atomic E-state index is 12.2. The Balaban J connectivity index is 1.89. The summed E-state index contributed by atoms with van der Waals surface area (Å²) in [5.74, 6) is -0.671. The van der Waals surface area contributed by atoms with E-state index in [-0.39, 0.29) is 24.3 Å². The molecule has 0 saturated carbocycles. The van der Waals surface area contributed by atoms with Gasteiger partial charge in [0.05, 0.1) is 18.7 Å². The van der Waals surface area contributed by atoms with Gasteiger partial charge in [0.25, 0.3) is 0 Å². The monoisotopic (exact) mass is 397 g/mol. The van der Waals surface area contributed by atoms with Crippen LogP contribution < -0.4 is 16.0 Å². The molecule has 0 aliphatic rings. The number of rotatable bonds is 9. The largest absolute Gasteiger partial charge is 0.462 e. The van der Waals surface area contributed by atoms with Crippen molar-refractivity contribution in [2.75, 3.05) is 29.1 Å². The van der Waals surface area contributed by atoms with Crippen LogP contribution >= 0.6 is 0 Å². The molecular weight excluding hydrogens is 370 g/mol. The van der Waals surface area contributed by atoms with Gasteiger partial charge in [-0.15, -0.1) is 0 Å². The first kappa shape index (κ1) is 21.9. The Kier molecular flexibility index (Phi) is 8.21. The van der Waals surface area contributed by atoms with E-state index in [9.17, 15) is 14.4 Å². The van der Waals surface area contributed by atoms with Crippen LogP contribution in [0, 0.1) is 6.92 Å². The number of ether oxygens (including phenoxy) is 1. The second-order valence-electron chi connectivity index (χ2n) is 6.55. The molecule has 2 rings (SSSR count). The summed E-state index contributed by atoms with van der Waals surface area (Å²) in [6.45, 7) is 6.05. The highest BCUT2D eigenvalue weighted by atomic mass is 16.5. The standard InChI is InChI=1S/C22H27N3O4/c1-4-12-29-22(28)16-7-10-17(11-8-16)23-14-21(27)24-18-9-6-15(3)19(13-18)25-20(26)5-2/h6-11,13,23H,4-5,12,14H2,1-3H3,(H,24,27)(H,25,26). The van der Waals surface area contributed by atoms with E-state index in [4.69, 9.17) is 4.74 Å². The summed E-state index contributed by atoms with van der Waals surface area (Å²) in [6, 6.07) is 12.1. The number of carbonyl (C=O) groups is 3. The Morgan fingerprint density at radius 2 is 1.59 bits per heavy atom. The van der Waals surface area contributed by atoms with Crippen LogP contribution in [0.3, 0.4) is 0 Å². The van der Waals surface area contributed by atoms with E-state index in [2.05, 4.69) is 16.0 Å². The lowest BCUT2D eigenvalue weighted by Crippen LogP contribution is -2.22. The molecule has 0 aliphatic heterocycles. The molecule has 0 radical (unpaired) electrons. The zero-order valence-electron chi connectivity index (χ0n) is 17.0. The zero-order chi connectivity index (χ0) is 21.2. The zero-order valence-corrected chi connectivity index (χ0v) is 17.0. The van der Waals surface area contributed by atoms with Crippen molar-refractivity contribution in [3.8, 4) is 0 Å². The summed E-state index contributed by atoms with van der Waals surface area (Å²) in [5, 5.41) is 8.62. The minimum Gasteiger partial charge on any atom is -0.462 e. The number of benzene rings is 2. The third kappa shape index (κ3) is 6.95. The van der Waals surface area contributed by atoms with Crippen molar-refractivity contribution >= 4 is 34.8 Å². The van der Waals surface area contributed by atoms with E-state index in [0.29, 0.717) is 35.7 Å². The number of carbonyl (C=O) groups excluding carboxylic acids is 3. The summed E-state index contributed by atoms with van der Waals surface area (Å²) in [6.07, 6.45) is 1.16. The molecule has 7 heteroatoms. The van der Waals surface area contributed by atoms with Gasteiger partial charge in [0, 0.05) is 23.5 Å². The molecule has 0 spiro atoms. The van der Waals surface area contributed by atoms with Crippen molar-refractivity contribution in [2.45, 2.75) is 33.6 Å². The average molecular weight is 397 g/mol. The minimum absolute atomic E-state index is 0.0597. The summed E-state index contributed by atoms with van der Waals surface area (Å²) in [7, 11) is 0. The number of nitrogens with one attached hydrogen (secondary N) is 3. The van der Waals surface area contributed by atoms with Crippen molar-refractivity contribution < 1.29 is 19.1 Å². The lowest BCUT2D eigenvalue weighted by molar-refractivity contribution is -0.116. The molecule has 154 valence electrons. The summed E-state index contributed by atoms with van der Waals surface area (Å²) in [4.78, 5) is 35.6. The fourth-order valence-corrected chi connectivity index (χ4v) is 2.46. The molecule has 0 aliphatic carbocycles. The SMILES string of the molecule is CCCOC(=O)c1ccc(NCC(=O)Nc2ccc(C)c(NC(=O)CC)c2)cc1. The van der Waals surface area contributed by atoms with Crippen LogP contribution in [0.1, 0.15) is 42.6 Å². The smallest absolute Gasteiger partial charge is 0.338 e. The number of esters is 1. The third-order valence-corrected chi connectivity index (χ3v) is 4.13. The van der Waals surface area contributed by atoms with Crippen molar-refractivity contribution in [1.29, 1.82) is 0 Å². The predicted octanol–water partition coefficient (Wildman–Crippen LogP) is 3.96. The molecule has 0 aromatic heterocycles. The summed E-state index contributed by atoms with van der Waals surface area (Å²) < 4.78 is 5.08. The minimum atomic E-state index is -0.360.